The fourth-order valence-corrected chi connectivity index (χ4v) is 2.47. The van der Waals surface area contributed by atoms with Crippen molar-refractivity contribution in [3.05, 3.63) is 29.3 Å². The van der Waals surface area contributed by atoms with Gasteiger partial charge in [0.15, 0.2) is 0 Å². The molecule has 0 amide bonds. The number of hydrogen-bond donors (Lipinski definition) is 1. The number of benzene rings is 1. The Hall–Kier alpha value is -1.53. The van der Waals surface area contributed by atoms with Crippen molar-refractivity contribution in [1.29, 1.82) is 5.26 Å². The van der Waals surface area contributed by atoms with E-state index < -0.39 is 0 Å². The van der Waals surface area contributed by atoms with Gasteiger partial charge in [-0.2, -0.15) is 5.26 Å². The van der Waals surface area contributed by atoms with Gasteiger partial charge in [-0.3, -0.25) is 0 Å². The molecule has 1 N–H and O–H groups in total. The van der Waals surface area contributed by atoms with E-state index in [0.717, 1.165) is 36.3 Å². The van der Waals surface area contributed by atoms with Gasteiger partial charge in [0, 0.05) is 18.3 Å². The van der Waals surface area contributed by atoms with Crippen LogP contribution in [0.4, 0.5) is 5.69 Å². The molecular weight excluding hydrogens is 224 g/mol. The molecule has 0 radical (unpaired) electrons. The molecule has 1 aromatic rings. The molecule has 1 fully saturated rings. The van der Waals surface area contributed by atoms with Crippen molar-refractivity contribution in [2.75, 3.05) is 11.9 Å². The predicted octanol–water partition coefficient (Wildman–Crippen LogP) is 3.24. The number of aryl methyl sites for hydroxylation is 1. The lowest BCUT2D eigenvalue weighted by Gasteiger charge is -2.36. The minimum atomic E-state index is -0.0441. The summed E-state index contributed by atoms with van der Waals surface area (Å²) in [5.41, 5.74) is 2.81. The fourth-order valence-electron chi connectivity index (χ4n) is 2.47. The highest BCUT2D eigenvalue weighted by atomic mass is 16.5. The Morgan fingerprint density at radius 3 is 2.83 bits per heavy atom. The molecule has 1 aliphatic heterocycles. The van der Waals surface area contributed by atoms with Crippen molar-refractivity contribution in [2.24, 2.45) is 0 Å². The molecule has 96 valence electrons. The van der Waals surface area contributed by atoms with Crippen molar-refractivity contribution in [2.45, 2.75) is 45.3 Å². The van der Waals surface area contributed by atoms with Crippen LogP contribution >= 0.6 is 0 Å². The fraction of sp³-hybridized carbons (Fsp3) is 0.533. The summed E-state index contributed by atoms with van der Waals surface area (Å²) in [7, 11) is 0. The average Bonchev–Trinajstić information content (AvgIpc) is 2.28. The summed E-state index contributed by atoms with van der Waals surface area (Å²) in [4.78, 5) is 0. The van der Waals surface area contributed by atoms with Crippen LogP contribution in [0.5, 0.6) is 0 Å². The van der Waals surface area contributed by atoms with E-state index >= 15 is 0 Å². The van der Waals surface area contributed by atoms with Gasteiger partial charge in [0.25, 0.3) is 0 Å². The first-order valence-corrected chi connectivity index (χ1v) is 6.41. The third-order valence-corrected chi connectivity index (χ3v) is 3.41. The summed E-state index contributed by atoms with van der Waals surface area (Å²) in [5.74, 6) is 0. The summed E-state index contributed by atoms with van der Waals surface area (Å²) in [6.07, 6.45) is 2.04. The largest absolute Gasteiger partial charge is 0.382 e. The van der Waals surface area contributed by atoms with Gasteiger partial charge in [-0.1, -0.05) is 0 Å². The van der Waals surface area contributed by atoms with Gasteiger partial charge >= 0.3 is 0 Å². The zero-order chi connectivity index (χ0) is 13.2. The molecule has 1 saturated heterocycles. The zero-order valence-corrected chi connectivity index (χ0v) is 11.3. The number of rotatable bonds is 2. The average molecular weight is 244 g/mol. The summed E-state index contributed by atoms with van der Waals surface area (Å²) >= 11 is 0. The quantitative estimate of drug-likeness (QED) is 0.868. The van der Waals surface area contributed by atoms with Gasteiger partial charge in [-0.15, -0.1) is 0 Å². The number of nitrogens with one attached hydrogen (secondary N) is 1. The molecule has 0 aromatic heterocycles. The van der Waals surface area contributed by atoms with Crippen molar-refractivity contribution in [1.82, 2.24) is 0 Å². The summed E-state index contributed by atoms with van der Waals surface area (Å²) in [5, 5.41) is 12.5. The minimum absolute atomic E-state index is 0.0441. The molecule has 1 unspecified atom stereocenters. The molecule has 3 nitrogen and oxygen atoms in total. The SMILES string of the molecule is Cc1cc(NC2CCOC(C)(C)C2)ccc1C#N. The van der Waals surface area contributed by atoms with E-state index in [9.17, 15) is 0 Å². The molecule has 0 bridgehead atoms. The second kappa shape index (κ2) is 4.99. The first-order chi connectivity index (χ1) is 8.50. The van der Waals surface area contributed by atoms with Crippen LogP contribution in [0.1, 0.15) is 37.8 Å². The summed E-state index contributed by atoms with van der Waals surface area (Å²) < 4.78 is 5.71. The summed E-state index contributed by atoms with van der Waals surface area (Å²) in [6, 6.07) is 8.54. The van der Waals surface area contributed by atoms with Gasteiger partial charge in [0.2, 0.25) is 0 Å². The third kappa shape index (κ3) is 3.02. The third-order valence-electron chi connectivity index (χ3n) is 3.41. The lowest BCUT2D eigenvalue weighted by molar-refractivity contribution is -0.0553. The number of hydrogen-bond acceptors (Lipinski definition) is 3. The Bertz CT molecular complexity index is 474. The Kier molecular flexibility index (Phi) is 3.58. The molecule has 1 heterocycles. The van der Waals surface area contributed by atoms with Crippen LogP contribution in [0.15, 0.2) is 18.2 Å². The normalized spacial score (nSPS) is 22.2. The highest BCUT2D eigenvalue weighted by Gasteiger charge is 2.28. The van der Waals surface area contributed by atoms with Gasteiger partial charge < -0.3 is 10.1 Å². The monoisotopic (exact) mass is 244 g/mol. The van der Waals surface area contributed by atoms with E-state index in [2.05, 4.69) is 25.2 Å². The molecule has 0 saturated carbocycles. The second-order valence-corrected chi connectivity index (χ2v) is 5.58. The van der Waals surface area contributed by atoms with Crippen molar-refractivity contribution < 1.29 is 4.74 Å². The Morgan fingerprint density at radius 2 is 2.22 bits per heavy atom. The van der Waals surface area contributed by atoms with E-state index in [-0.39, 0.29) is 5.60 Å². The van der Waals surface area contributed by atoms with Crippen LogP contribution in [0.2, 0.25) is 0 Å². The van der Waals surface area contributed by atoms with Crippen LogP contribution in [0.25, 0.3) is 0 Å². The van der Waals surface area contributed by atoms with Crippen LogP contribution in [0, 0.1) is 18.3 Å². The number of anilines is 1. The molecule has 0 spiro atoms. The van der Waals surface area contributed by atoms with Crippen molar-refractivity contribution in [3.8, 4) is 6.07 Å². The molecule has 1 aliphatic rings. The first kappa shape index (κ1) is 12.9. The molecular formula is C15H20N2O. The Labute approximate surface area is 109 Å². The van der Waals surface area contributed by atoms with Gasteiger partial charge in [-0.25, -0.2) is 0 Å². The van der Waals surface area contributed by atoms with Gasteiger partial charge in [-0.05, 0) is 57.4 Å². The van der Waals surface area contributed by atoms with E-state index in [1.807, 2.05) is 25.1 Å². The molecule has 1 aromatic carbocycles. The smallest absolute Gasteiger partial charge is 0.0994 e. The van der Waals surface area contributed by atoms with Gasteiger partial charge in [0.1, 0.15) is 0 Å². The maximum absolute atomic E-state index is 8.91. The molecule has 1 atom stereocenters. The van der Waals surface area contributed by atoms with Crippen LogP contribution in [0.3, 0.4) is 0 Å². The van der Waals surface area contributed by atoms with E-state index in [4.69, 9.17) is 10.00 Å². The number of nitrogens with zero attached hydrogens (tertiary/aromatic N) is 1. The lowest BCUT2D eigenvalue weighted by atomic mass is 9.93. The maximum Gasteiger partial charge on any atom is 0.0994 e. The van der Waals surface area contributed by atoms with E-state index in [1.165, 1.54) is 0 Å². The highest BCUT2D eigenvalue weighted by Crippen LogP contribution is 2.26. The van der Waals surface area contributed by atoms with Crippen LogP contribution < -0.4 is 5.32 Å². The Morgan fingerprint density at radius 1 is 1.44 bits per heavy atom. The topological polar surface area (TPSA) is 45.0 Å². The molecule has 0 aliphatic carbocycles. The number of nitriles is 1. The van der Waals surface area contributed by atoms with Crippen molar-refractivity contribution in [3.63, 3.8) is 0 Å². The van der Waals surface area contributed by atoms with Crippen LogP contribution in [-0.4, -0.2) is 18.2 Å². The van der Waals surface area contributed by atoms with Crippen molar-refractivity contribution >= 4 is 5.69 Å². The lowest BCUT2D eigenvalue weighted by Crippen LogP contribution is -2.40. The predicted molar refractivity (Wildman–Crippen MR) is 72.6 cm³/mol. The van der Waals surface area contributed by atoms with E-state index in [0.29, 0.717) is 6.04 Å². The maximum atomic E-state index is 8.91. The summed E-state index contributed by atoms with van der Waals surface area (Å²) in [6.45, 7) is 7.04. The second-order valence-electron chi connectivity index (χ2n) is 5.58. The molecule has 2 rings (SSSR count). The number of ether oxygens (including phenoxy) is 1. The molecule has 3 heteroatoms. The zero-order valence-electron chi connectivity index (χ0n) is 11.3. The first-order valence-electron chi connectivity index (χ1n) is 6.41. The highest BCUT2D eigenvalue weighted by molar-refractivity contribution is 5.52. The molecule has 18 heavy (non-hydrogen) atoms. The van der Waals surface area contributed by atoms with Gasteiger partial charge in [0.05, 0.1) is 17.2 Å². The van der Waals surface area contributed by atoms with Crippen LogP contribution in [-0.2, 0) is 4.74 Å². The minimum Gasteiger partial charge on any atom is -0.382 e. The Balaban J connectivity index is 2.06. The standard InChI is InChI=1S/C15H20N2O/c1-11-8-13(5-4-12(11)10-16)17-14-6-7-18-15(2,3)9-14/h4-5,8,14,17H,6-7,9H2,1-3H3. The van der Waals surface area contributed by atoms with E-state index in [1.54, 1.807) is 0 Å².